The Morgan fingerprint density at radius 3 is 2.62 bits per heavy atom. The van der Waals surface area contributed by atoms with Crippen molar-refractivity contribution in [2.75, 3.05) is 17.7 Å². The summed E-state index contributed by atoms with van der Waals surface area (Å²) in [7, 11) is 0. The summed E-state index contributed by atoms with van der Waals surface area (Å²) in [5.74, 6) is -0.851. The second-order valence-corrected chi connectivity index (χ2v) is 7.63. The van der Waals surface area contributed by atoms with Crippen LogP contribution in [-0.4, -0.2) is 34.4 Å². The number of carbonyl (C=O) groups excluding carboxylic acids is 2. The van der Waals surface area contributed by atoms with E-state index in [2.05, 4.69) is 15.5 Å². The highest BCUT2D eigenvalue weighted by atomic mass is 35.5. The molecule has 1 aromatic heterocycles. The molecule has 2 aromatic carbocycles. The molecule has 0 aliphatic rings. The number of anilines is 1. The fourth-order valence-corrected chi connectivity index (χ4v) is 3.16. The summed E-state index contributed by atoms with van der Waals surface area (Å²) in [5.41, 5.74) is 2.13. The van der Waals surface area contributed by atoms with Crippen LogP contribution in [0, 0.1) is 6.92 Å². The minimum Gasteiger partial charge on any atom is -0.455 e. The number of rotatable bonds is 7. The monoisotopic (exact) mass is 451 g/mol. The van der Waals surface area contributed by atoms with Crippen molar-refractivity contribution in [3.63, 3.8) is 0 Å². The average Bonchev–Trinajstić information content (AvgIpc) is 3.16. The quantitative estimate of drug-likeness (QED) is 0.413. The van der Waals surface area contributed by atoms with E-state index < -0.39 is 18.5 Å². The number of aryl methyl sites for hydroxylation is 1. The first-order valence-electron chi connectivity index (χ1n) is 8.34. The van der Waals surface area contributed by atoms with E-state index in [1.54, 1.807) is 36.4 Å². The Morgan fingerprint density at radius 2 is 1.90 bits per heavy atom. The Bertz CT molecular complexity index is 1020. The van der Waals surface area contributed by atoms with Crippen LogP contribution in [0.25, 0.3) is 11.5 Å². The van der Waals surface area contributed by atoms with Crippen molar-refractivity contribution in [3.05, 3.63) is 58.1 Å². The molecule has 29 heavy (non-hydrogen) atoms. The fourth-order valence-electron chi connectivity index (χ4n) is 2.19. The number of nitrogens with zero attached hydrogens (tertiary/aromatic N) is 2. The van der Waals surface area contributed by atoms with Crippen LogP contribution in [0.5, 0.6) is 0 Å². The normalized spacial score (nSPS) is 10.6. The maximum atomic E-state index is 11.9. The molecular weight excluding hydrogens is 437 g/mol. The van der Waals surface area contributed by atoms with Crippen LogP contribution in [-0.2, 0) is 14.3 Å². The Kier molecular flexibility index (Phi) is 7.13. The molecule has 10 heteroatoms. The number of hydrogen-bond donors (Lipinski definition) is 1. The van der Waals surface area contributed by atoms with E-state index in [0.717, 1.165) is 17.3 Å². The standard InChI is InChI=1S/C19H15Cl2N3O4S/c1-11-2-7-15(14(21)8-11)22-16(25)9-27-17(26)10-29-19-24-23-18(28-19)12-3-5-13(20)6-4-12/h2-8H,9-10H2,1H3,(H,22,25). The van der Waals surface area contributed by atoms with Crippen LogP contribution in [0.4, 0.5) is 5.69 Å². The molecule has 0 saturated heterocycles. The van der Waals surface area contributed by atoms with Crippen molar-refractivity contribution in [3.8, 4) is 11.5 Å². The summed E-state index contributed by atoms with van der Waals surface area (Å²) >= 11 is 12.9. The number of thioether (sulfide) groups is 1. The molecular formula is C19H15Cl2N3O4S. The smallest absolute Gasteiger partial charge is 0.316 e. The van der Waals surface area contributed by atoms with Crippen molar-refractivity contribution in [1.29, 1.82) is 0 Å². The van der Waals surface area contributed by atoms with Gasteiger partial charge < -0.3 is 14.5 Å². The number of nitrogens with one attached hydrogen (secondary N) is 1. The van der Waals surface area contributed by atoms with E-state index in [1.807, 2.05) is 13.0 Å². The Balaban J connectivity index is 1.44. The molecule has 7 nitrogen and oxygen atoms in total. The molecule has 0 fully saturated rings. The molecule has 1 heterocycles. The van der Waals surface area contributed by atoms with Gasteiger partial charge in [-0.05, 0) is 48.9 Å². The molecule has 3 aromatic rings. The highest BCUT2D eigenvalue weighted by molar-refractivity contribution is 7.99. The van der Waals surface area contributed by atoms with E-state index in [4.69, 9.17) is 32.4 Å². The lowest BCUT2D eigenvalue weighted by atomic mass is 10.2. The molecule has 3 rings (SSSR count). The molecule has 1 amide bonds. The number of amides is 1. The zero-order valence-electron chi connectivity index (χ0n) is 15.1. The van der Waals surface area contributed by atoms with Gasteiger partial charge in [-0.1, -0.05) is 41.0 Å². The number of hydrogen-bond acceptors (Lipinski definition) is 7. The maximum Gasteiger partial charge on any atom is 0.316 e. The molecule has 0 aliphatic carbocycles. The van der Waals surface area contributed by atoms with E-state index >= 15 is 0 Å². The summed E-state index contributed by atoms with van der Waals surface area (Å²) in [5, 5.41) is 11.6. The molecule has 0 radical (unpaired) electrons. The van der Waals surface area contributed by atoms with Crippen LogP contribution in [0.1, 0.15) is 5.56 Å². The molecule has 0 spiro atoms. The number of benzene rings is 2. The summed E-state index contributed by atoms with van der Waals surface area (Å²) in [6, 6.07) is 12.1. The number of carbonyl (C=O) groups is 2. The first-order chi connectivity index (χ1) is 13.9. The number of ether oxygens (including phenoxy) is 1. The lowest BCUT2D eigenvalue weighted by Gasteiger charge is -2.08. The number of halogens is 2. The van der Waals surface area contributed by atoms with E-state index in [1.165, 1.54) is 0 Å². The third kappa shape index (κ3) is 6.22. The van der Waals surface area contributed by atoms with Crippen molar-refractivity contribution in [2.45, 2.75) is 12.1 Å². The van der Waals surface area contributed by atoms with Gasteiger partial charge >= 0.3 is 5.97 Å². The lowest BCUT2D eigenvalue weighted by Crippen LogP contribution is -2.21. The first-order valence-corrected chi connectivity index (χ1v) is 10.1. The molecule has 0 aliphatic heterocycles. The van der Waals surface area contributed by atoms with Gasteiger partial charge in [0.05, 0.1) is 10.7 Å². The lowest BCUT2D eigenvalue weighted by molar-refractivity contribution is -0.144. The molecule has 0 bridgehead atoms. The summed E-state index contributed by atoms with van der Waals surface area (Å²) in [4.78, 5) is 23.8. The highest BCUT2D eigenvalue weighted by Gasteiger charge is 2.14. The summed E-state index contributed by atoms with van der Waals surface area (Å²) < 4.78 is 10.4. The van der Waals surface area contributed by atoms with Gasteiger partial charge in [0, 0.05) is 10.6 Å². The predicted molar refractivity (Wildman–Crippen MR) is 111 cm³/mol. The molecule has 0 unspecified atom stereocenters. The van der Waals surface area contributed by atoms with Gasteiger partial charge in [-0.15, -0.1) is 10.2 Å². The van der Waals surface area contributed by atoms with Gasteiger partial charge in [-0.3, -0.25) is 9.59 Å². The minimum atomic E-state index is -0.591. The largest absolute Gasteiger partial charge is 0.455 e. The van der Waals surface area contributed by atoms with Crippen molar-refractivity contribution >= 4 is 52.5 Å². The van der Waals surface area contributed by atoms with Gasteiger partial charge in [0.2, 0.25) is 5.89 Å². The third-order valence-electron chi connectivity index (χ3n) is 3.57. The SMILES string of the molecule is Cc1ccc(NC(=O)COC(=O)CSc2nnc(-c3ccc(Cl)cc3)o2)c(Cl)c1. The topological polar surface area (TPSA) is 94.3 Å². The predicted octanol–water partition coefficient (Wildman–Crippen LogP) is 4.63. The Hall–Kier alpha value is -2.55. The average molecular weight is 452 g/mol. The number of aromatic nitrogens is 2. The van der Waals surface area contributed by atoms with E-state index in [9.17, 15) is 9.59 Å². The highest BCUT2D eigenvalue weighted by Crippen LogP contribution is 2.25. The number of esters is 1. The second kappa shape index (κ2) is 9.78. The Morgan fingerprint density at radius 1 is 1.14 bits per heavy atom. The van der Waals surface area contributed by atoms with Crippen molar-refractivity contribution in [2.24, 2.45) is 0 Å². The van der Waals surface area contributed by atoms with Gasteiger partial charge in [-0.2, -0.15) is 0 Å². The summed E-state index contributed by atoms with van der Waals surface area (Å²) in [6.45, 7) is 1.46. The van der Waals surface area contributed by atoms with Gasteiger partial charge in [0.1, 0.15) is 5.75 Å². The van der Waals surface area contributed by atoms with Gasteiger partial charge in [-0.25, -0.2) is 0 Å². The zero-order valence-corrected chi connectivity index (χ0v) is 17.5. The molecule has 1 N–H and O–H groups in total. The Labute approximate surface area is 180 Å². The van der Waals surface area contributed by atoms with Gasteiger partial charge in [0.15, 0.2) is 6.61 Å². The molecule has 0 atom stereocenters. The molecule has 150 valence electrons. The van der Waals surface area contributed by atoms with E-state index in [0.29, 0.717) is 27.2 Å². The van der Waals surface area contributed by atoms with E-state index in [-0.39, 0.29) is 11.0 Å². The van der Waals surface area contributed by atoms with Crippen molar-refractivity contribution in [1.82, 2.24) is 10.2 Å². The van der Waals surface area contributed by atoms with Crippen LogP contribution in [0.3, 0.4) is 0 Å². The summed E-state index contributed by atoms with van der Waals surface area (Å²) in [6.07, 6.45) is 0. The maximum absolute atomic E-state index is 11.9. The van der Waals surface area contributed by atoms with Crippen molar-refractivity contribution < 1.29 is 18.7 Å². The van der Waals surface area contributed by atoms with Crippen LogP contribution >= 0.6 is 35.0 Å². The third-order valence-corrected chi connectivity index (χ3v) is 4.93. The fraction of sp³-hybridized carbons (Fsp3) is 0.158. The minimum absolute atomic E-state index is 0.0825. The first kappa shape index (κ1) is 21.2. The van der Waals surface area contributed by atoms with Crippen LogP contribution < -0.4 is 5.32 Å². The van der Waals surface area contributed by atoms with Crippen LogP contribution in [0.15, 0.2) is 52.1 Å². The van der Waals surface area contributed by atoms with Crippen LogP contribution in [0.2, 0.25) is 10.0 Å². The van der Waals surface area contributed by atoms with Gasteiger partial charge in [0.25, 0.3) is 11.1 Å². The second-order valence-electron chi connectivity index (χ2n) is 5.86. The zero-order chi connectivity index (χ0) is 20.8. The molecule has 0 saturated carbocycles.